The number of hydrogen-bond acceptors (Lipinski definition) is 2. The Hall–Kier alpha value is -3.60. The first-order chi connectivity index (χ1) is 12.7. The van der Waals surface area contributed by atoms with Crippen LogP contribution in [0.15, 0.2) is 66.9 Å². The summed E-state index contributed by atoms with van der Waals surface area (Å²) in [5.41, 5.74) is 4.38. The molecule has 0 unspecified atom stereocenters. The minimum Gasteiger partial charge on any atom is -0.362 e. The van der Waals surface area contributed by atoms with Crippen LogP contribution in [0.25, 0.3) is 11.6 Å². The summed E-state index contributed by atoms with van der Waals surface area (Å²) in [5, 5.41) is 5.74. The lowest BCUT2D eigenvalue weighted by Crippen LogP contribution is -2.22. The highest BCUT2D eigenvalue weighted by Crippen LogP contribution is 2.33. The standard InChI is InChI=1S/C21H17N3O2/c25-20(23-13-14-5-2-1-3-6-14)15-8-9-19-17(11-15)18(21(26)24-19)12-16-7-4-10-22-16/h1-12,22H,13H2,(H,23,25)(H,24,26). The Morgan fingerprint density at radius 1 is 1.04 bits per heavy atom. The number of carbonyl (C=O) groups excluding carboxylic acids is 2. The van der Waals surface area contributed by atoms with E-state index in [0.717, 1.165) is 16.8 Å². The van der Waals surface area contributed by atoms with Crippen LogP contribution < -0.4 is 10.6 Å². The Morgan fingerprint density at radius 2 is 1.88 bits per heavy atom. The van der Waals surface area contributed by atoms with E-state index >= 15 is 0 Å². The number of anilines is 1. The van der Waals surface area contributed by atoms with Gasteiger partial charge in [-0.15, -0.1) is 0 Å². The highest BCUT2D eigenvalue weighted by Gasteiger charge is 2.25. The molecule has 2 aromatic carbocycles. The summed E-state index contributed by atoms with van der Waals surface area (Å²) >= 11 is 0. The largest absolute Gasteiger partial charge is 0.362 e. The molecule has 0 radical (unpaired) electrons. The van der Waals surface area contributed by atoms with E-state index in [0.29, 0.717) is 23.4 Å². The lowest BCUT2D eigenvalue weighted by molar-refractivity contribution is -0.110. The molecule has 26 heavy (non-hydrogen) atoms. The highest BCUT2D eigenvalue weighted by molar-refractivity contribution is 6.35. The zero-order valence-electron chi connectivity index (χ0n) is 14.0. The van der Waals surface area contributed by atoms with Crippen LogP contribution >= 0.6 is 0 Å². The van der Waals surface area contributed by atoms with Crippen LogP contribution in [0.2, 0.25) is 0 Å². The molecule has 0 atom stereocenters. The molecule has 2 heterocycles. The van der Waals surface area contributed by atoms with Gasteiger partial charge in [0.15, 0.2) is 0 Å². The van der Waals surface area contributed by atoms with Gasteiger partial charge >= 0.3 is 0 Å². The predicted molar refractivity (Wildman–Crippen MR) is 101 cm³/mol. The summed E-state index contributed by atoms with van der Waals surface area (Å²) in [6, 6.07) is 18.7. The molecule has 0 saturated heterocycles. The number of benzene rings is 2. The van der Waals surface area contributed by atoms with Gasteiger partial charge in [0.05, 0.1) is 5.57 Å². The number of aromatic amines is 1. The molecule has 5 heteroatoms. The topological polar surface area (TPSA) is 74.0 Å². The van der Waals surface area contributed by atoms with Gasteiger partial charge < -0.3 is 15.6 Å². The summed E-state index contributed by atoms with van der Waals surface area (Å²) in [6.45, 7) is 0.457. The number of hydrogen-bond donors (Lipinski definition) is 3. The smallest absolute Gasteiger partial charge is 0.256 e. The van der Waals surface area contributed by atoms with Crippen LogP contribution in [0, 0.1) is 0 Å². The Morgan fingerprint density at radius 3 is 2.65 bits per heavy atom. The first-order valence-corrected chi connectivity index (χ1v) is 8.34. The average molecular weight is 343 g/mol. The SMILES string of the molecule is O=C1Nc2ccc(C(=O)NCc3ccccc3)cc2C1=Cc1ccc[nH]1. The minimum absolute atomic E-state index is 0.170. The summed E-state index contributed by atoms with van der Waals surface area (Å²) < 4.78 is 0. The summed E-state index contributed by atoms with van der Waals surface area (Å²) in [4.78, 5) is 27.8. The Labute approximate surface area is 150 Å². The molecule has 1 aliphatic rings. The van der Waals surface area contributed by atoms with Crippen LogP contribution in [-0.4, -0.2) is 16.8 Å². The molecule has 0 fully saturated rings. The molecular formula is C21H17N3O2. The van der Waals surface area contributed by atoms with Crippen molar-refractivity contribution in [3.05, 3.63) is 89.2 Å². The van der Waals surface area contributed by atoms with Crippen molar-refractivity contribution in [2.75, 3.05) is 5.32 Å². The molecular weight excluding hydrogens is 326 g/mol. The Balaban J connectivity index is 1.58. The van der Waals surface area contributed by atoms with Crippen LogP contribution in [0.1, 0.15) is 27.2 Å². The van der Waals surface area contributed by atoms with Gasteiger partial charge in [-0.2, -0.15) is 0 Å². The van der Waals surface area contributed by atoms with Crippen molar-refractivity contribution in [3.63, 3.8) is 0 Å². The maximum Gasteiger partial charge on any atom is 0.256 e. The molecule has 2 amide bonds. The monoisotopic (exact) mass is 343 g/mol. The van der Waals surface area contributed by atoms with E-state index in [1.165, 1.54) is 0 Å². The molecule has 3 aromatic rings. The fraction of sp³-hybridized carbons (Fsp3) is 0.0476. The Kier molecular flexibility index (Phi) is 4.11. The molecule has 0 spiro atoms. The van der Waals surface area contributed by atoms with E-state index in [4.69, 9.17) is 0 Å². The van der Waals surface area contributed by atoms with Crippen LogP contribution in [-0.2, 0) is 11.3 Å². The number of fused-ring (bicyclic) bond motifs is 1. The normalized spacial score (nSPS) is 14.2. The van der Waals surface area contributed by atoms with Gasteiger partial charge in [0, 0.05) is 35.2 Å². The predicted octanol–water partition coefficient (Wildman–Crippen LogP) is 3.44. The molecule has 128 valence electrons. The third kappa shape index (κ3) is 3.15. The molecule has 0 aliphatic carbocycles. The van der Waals surface area contributed by atoms with Crippen LogP contribution in [0.5, 0.6) is 0 Å². The molecule has 0 saturated carbocycles. The fourth-order valence-corrected chi connectivity index (χ4v) is 2.94. The van der Waals surface area contributed by atoms with Gasteiger partial charge in [-0.3, -0.25) is 9.59 Å². The lowest BCUT2D eigenvalue weighted by atomic mass is 10.0. The number of amides is 2. The third-order valence-electron chi connectivity index (χ3n) is 4.28. The van der Waals surface area contributed by atoms with Crippen LogP contribution in [0.3, 0.4) is 0 Å². The van der Waals surface area contributed by atoms with Crippen molar-refractivity contribution in [1.82, 2.24) is 10.3 Å². The lowest BCUT2D eigenvalue weighted by Gasteiger charge is -2.07. The second-order valence-electron chi connectivity index (χ2n) is 6.07. The van der Waals surface area contributed by atoms with E-state index in [9.17, 15) is 9.59 Å². The highest BCUT2D eigenvalue weighted by atomic mass is 16.2. The van der Waals surface area contributed by atoms with Gasteiger partial charge in [-0.05, 0) is 42.0 Å². The van der Waals surface area contributed by atoms with Gasteiger partial charge in [-0.25, -0.2) is 0 Å². The van der Waals surface area contributed by atoms with Crippen LogP contribution in [0.4, 0.5) is 5.69 Å². The number of nitrogens with one attached hydrogen (secondary N) is 3. The molecule has 4 rings (SSSR count). The minimum atomic E-state index is -0.171. The second kappa shape index (κ2) is 6.72. The Bertz CT molecular complexity index is 989. The maximum absolute atomic E-state index is 12.5. The van der Waals surface area contributed by atoms with Crippen molar-refractivity contribution < 1.29 is 9.59 Å². The average Bonchev–Trinajstić information content (AvgIpc) is 3.29. The van der Waals surface area contributed by atoms with E-state index < -0.39 is 0 Å². The molecule has 3 N–H and O–H groups in total. The quantitative estimate of drug-likeness (QED) is 0.635. The van der Waals surface area contributed by atoms with Gasteiger partial charge in [0.25, 0.3) is 11.8 Å². The molecule has 1 aromatic heterocycles. The maximum atomic E-state index is 12.5. The summed E-state index contributed by atoms with van der Waals surface area (Å²) in [7, 11) is 0. The molecule has 5 nitrogen and oxygen atoms in total. The van der Waals surface area contributed by atoms with E-state index in [2.05, 4.69) is 15.6 Å². The van der Waals surface area contributed by atoms with E-state index in [1.807, 2.05) is 42.5 Å². The van der Waals surface area contributed by atoms with Crippen molar-refractivity contribution in [2.24, 2.45) is 0 Å². The van der Waals surface area contributed by atoms with Gasteiger partial charge in [0.2, 0.25) is 0 Å². The first kappa shape index (κ1) is 15.9. The van der Waals surface area contributed by atoms with Crippen molar-refractivity contribution >= 4 is 29.2 Å². The van der Waals surface area contributed by atoms with Gasteiger partial charge in [-0.1, -0.05) is 30.3 Å². The number of carbonyl (C=O) groups is 2. The molecule has 0 bridgehead atoms. The second-order valence-corrected chi connectivity index (χ2v) is 6.07. The van der Waals surface area contributed by atoms with E-state index in [-0.39, 0.29) is 11.8 Å². The summed E-state index contributed by atoms with van der Waals surface area (Å²) in [6.07, 6.45) is 3.58. The number of rotatable bonds is 4. The molecule has 1 aliphatic heterocycles. The zero-order chi connectivity index (χ0) is 17.9. The van der Waals surface area contributed by atoms with Crippen molar-refractivity contribution in [2.45, 2.75) is 6.54 Å². The van der Waals surface area contributed by atoms with Crippen molar-refractivity contribution in [3.8, 4) is 0 Å². The summed E-state index contributed by atoms with van der Waals surface area (Å²) in [5.74, 6) is -0.341. The van der Waals surface area contributed by atoms with Gasteiger partial charge in [0.1, 0.15) is 0 Å². The van der Waals surface area contributed by atoms with Crippen molar-refractivity contribution in [1.29, 1.82) is 0 Å². The number of aromatic nitrogens is 1. The fourth-order valence-electron chi connectivity index (χ4n) is 2.94. The zero-order valence-corrected chi connectivity index (χ0v) is 14.0. The third-order valence-corrected chi connectivity index (χ3v) is 4.28. The first-order valence-electron chi connectivity index (χ1n) is 8.34. The number of H-pyrrole nitrogens is 1. The van der Waals surface area contributed by atoms with E-state index in [1.54, 1.807) is 30.5 Å².